The first-order valence-corrected chi connectivity index (χ1v) is 10.3. The van der Waals surface area contributed by atoms with Crippen LogP contribution in [0.2, 0.25) is 0 Å². The Morgan fingerprint density at radius 3 is 2.42 bits per heavy atom. The fourth-order valence-corrected chi connectivity index (χ4v) is 3.35. The van der Waals surface area contributed by atoms with Crippen LogP contribution in [-0.2, 0) is 11.3 Å². The molecule has 1 heterocycles. The van der Waals surface area contributed by atoms with Crippen molar-refractivity contribution in [2.24, 2.45) is 0 Å². The number of aliphatic hydroxyl groups excluding tert-OH is 1. The molecular weight excluding hydrogens is 392 g/mol. The number of carbonyl (C=O) groups is 1. The summed E-state index contributed by atoms with van der Waals surface area (Å²) < 4.78 is 6.23. The van der Waals surface area contributed by atoms with Gasteiger partial charge in [-0.2, -0.15) is 0 Å². The summed E-state index contributed by atoms with van der Waals surface area (Å²) in [5.41, 5.74) is 1.55. The van der Waals surface area contributed by atoms with Crippen LogP contribution in [0, 0.1) is 0 Å². The molecule has 164 valence electrons. The van der Waals surface area contributed by atoms with Gasteiger partial charge in [-0.25, -0.2) is 0 Å². The molecule has 7 heteroatoms. The molecule has 1 unspecified atom stereocenters. The topological polar surface area (TPSA) is 68.3 Å². The van der Waals surface area contributed by atoms with Crippen molar-refractivity contribution in [2.75, 3.05) is 27.2 Å². The van der Waals surface area contributed by atoms with E-state index in [1.807, 2.05) is 72.6 Å². The molecule has 1 aliphatic heterocycles. The van der Waals surface area contributed by atoms with Gasteiger partial charge in [0, 0.05) is 33.8 Å². The van der Waals surface area contributed by atoms with Crippen LogP contribution in [0.5, 0.6) is 5.75 Å². The zero-order valence-electron chi connectivity index (χ0n) is 18.1. The summed E-state index contributed by atoms with van der Waals surface area (Å²) in [6, 6.07) is 19.5. The average Bonchev–Trinajstić information content (AvgIpc) is 3.15. The van der Waals surface area contributed by atoms with Gasteiger partial charge in [0.2, 0.25) is 0 Å². The number of rotatable bonds is 10. The van der Waals surface area contributed by atoms with Crippen molar-refractivity contribution in [3.05, 3.63) is 90.5 Å². The minimum Gasteiger partial charge on any atom is -0.452 e. The third kappa shape index (κ3) is 5.38. The van der Waals surface area contributed by atoms with Crippen LogP contribution >= 0.6 is 0 Å². The summed E-state index contributed by atoms with van der Waals surface area (Å²) in [6.45, 7) is 4.81. The molecule has 0 radical (unpaired) electrons. The van der Waals surface area contributed by atoms with Crippen molar-refractivity contribution in [1.29, 1.82) is 0 Å². The quantitative estimate of drug-likeness (QED) is 0.613. The summed E-state index contributed by atoms with van der Waals surface area (Å²) >= 11 is 0. The van der Waals surface area contributed by atoms with Crippen LogP contribution in [0.25, 0.3) is 0 Å². The van der Waals surface area contributed by atoms with E-state index in [4.69, 9.17) is 4.74 Å². The van der Waals surface area contributed by atoms with Crippen LogP contribution in [0.3, 0.4) is 0 Å². The molecule has 0 aromatic heterocycles. The van der Waals surface area contributed by atoms with E-state index in [9.17, 15) is 9.90 Å². The maximum absolute atomic E-state index is 13.5. The number of carbonyl (C=O) groups excluding carboxylic acids is 1. The molecule has 7 nitrogen and oxygen atoms in total. The first-order chi connectivity index (χ1) is 15.0. The summed E-state index contributed by atoms with van der Waals surface area (Å²) in [7, 11) is 3.57. The Hall–Kier alpha value is -3.45. The molecule has 1 aliphatic rings. The second kappa shape index (κ2) is 10.5. The molecule has 0 bridgehead atoms. The van der Waals surface area contributed by atoms with Gasteiger partial charge in [0.05, 0.1) is 0 Å². The second-order valence-electron chi connectivity index (χ2n) is 7.34. The molecule has 1 atom stereocenters. The van der Waals surface area contributed by atoms with Crippen molar-refractivity contribution < 1.29 is 14.6 Å². The Balaban J connectivity index is 1.98. The Labute approximate surface area is 183 Å². The molecule has 2 N–H and O–H groups in total. The molecule has 0 saturated heterocycles. The van der Waals surface area contributed by atoms with Crippen LogP contribution in [0.15, 0.2) is 85.0 Å². The SMILES string of the molecule is C=CN(C)C1=C(C(=O)N(C)CCCO)N(Cc2ccccc2)C(Oc2ccccc2)N1. The highest BCUT2D eigenvalue weighted by atomic mass is 16.5. The maximum atomic E-state index is 13.5. The van der Waals surface area contributed by atoms with Gasteiger partial charge < -0.3 is 29.9 Å². The Kier molecular flexibility index (Phi) is 7.56. The van der Waals surface area contributed by atoms with Gasteiger partial charge in [0.1, 0.15) is 17.3 Å². The third-order valence-electron chi connectivity index (χ3n) is 5.07. The number of hydrogen-bond acceptors (Lipinski definition) is 6. The lowest BCUT2D eigenvalue weighted by atomic mass is 10.2. The highest BCUT2D eigenvalue weighted by Gasteiger charge is 2.39. The minimum atomic E-state index is -0.579. The van der Waals surface area contributed by atoms with E-state index >= 15 is 0 Å². The Morgan fingerprint density at radius 1 is 1.16 bits per heavy atom. The van der Waals surface area contributed by atoms with Gasteiger partial charge in [-0.1, -0.05) is 55.1 Å². The van der Waals surface area contributed by atoms with Crippen LogP contribution in [0.1, 0.15) is 12.0 Å². The van der Waals surface area contributed by atoms with Crippen LogP contribution in [0.4, 0.5) is 0 Å². The lowest BCUT2D eigenvalue weighted by Gasteiger charge is -2.30. The largest absolute Gasteiger partial charge is 0.452 e. The predicted octanol–water partition coefficient (Wildman–Crippen LogP) is 2.54. The lowest BCUT2D eigenvalue weighted by molar-refractivity contribution is -0.128. The number of likely N-dealkylation sites (N-methyl/N-ethyl adjacent to an activating group) is 1. The molecule has 3 rings (SSSR count). The van der Waals surface area contributed by atoms with E-state index in [0.717, 1.165) is 5.56 Å². The van der Waals surface area contributed by atoms with E-state index in [0.29, 0.717) is 36.8 Å². The smallest absolute Gasteiger partial charge is 0.273 e. The molecule has 0 fully saturated rings. The van der Waals surface area contributed by atoms with E-state index in [1.165, 1.54) is 0 Å². The van der Waals surface area contributed by atoms with Gasteiger partial charge in [-0.3, -0.25) is 4.79 Å². The molecule has 1 amide bonds. The Morgan fingerprint density at radius 2 is 1.81 bits per heavy atom. The van der Waals surface area contributed by atoms with E-state index < -0.39 is 6.35 Å². The molecule has 2 aromatic carbocycles. The fourth-order valence-electron chi connectivity index (χ4n) is 3.35. The second-order valence-corrected chi connectivity index (χ2v) is 7.34. The molecular formula is C24H30N4O3. The van der Waals surface area contributed by atoms with Gasteiger partial charge in [0.25, 0.3) is 12.3 Å². The van der Waals surface area contributed by atoms with Crippen molar-refractivity contribution >= 4 is 5.91 Å². The molecule has 2 aromatic rings. The molecule has 31 heavy (non-hydrogen) atoms. The average molecular weight is 423 g/mol. The summed E-state index contributed by atoms with van der Waals surface area (Å²) in [5.74, 6) is 1.16. The predicted molar refractivity (Wildman–Crippen MR) is 120 cm³/mol. The lowest BCUT2D eigenvalue weighted by Crippen LogP contribution is -2.44. The van der Waals surface area contributed by atoms with Gasteiger partial charge in [-0.05, 0) is 30.3 Å². The maximum Gasteiger partial charge on any atom is 0.273 e. The van der Waals surface area contributed by atoms with Gasteiger partial charge in [-0.15, -0.1) is 0 Å². The number of nitrogens with zero attached hydrogens (tertiary/aromatic N) is 3. The zero-order valence-corrected chi connectivity index (χ0v) is 18.1. The number of aliphatic hydroxyl groups is 1. The van der Waals surface area contributed by atoms with Crippen LogP contribution in [-0.4, -0.2) is 59.3 Å². The van der Waals surface area contributed by atoms with Crippen molar-refractivity contribution in [3.63, 3.8) is 0 Å². The molecule has 0 saturated carbocycles. The van der Waals surface area contributed by atoms with E-state index in [1.54, 1.807) is 23.0 Å². The summed E-state index contributed by atoms with van der Waals surface area (Å²) in [5, 5.41) is 12.5. The summed E-state index contributed by atoms with van der Waals surface area (Å²) in [4.78, 5) is 18.8. The van der Waals surface area contributed by atoms with Crippen molar-refractivity contribution in [2.45, 2.75) is 19.3 Å². The molecule has 0 aliphatic carbocycles. The highest BCUT2D eigenvalue weighted by molar-refractivity contribution is 5.93. The third-order valence-corrected chi connectivity index (χ3v) is 5.07. The Bertz CT molecular complexity index is 902. The monoisotopic (exact) mass is 422 g/mol. The zero-order chi connectivity index (χ0) is 22.2. The number of para-hydroxylation sites is 1. The van der Waals surface area contributed by atoms with E-state index in [2.05, 4.69) is 11.9 Å². The normalized spacial score (nSPS) is 15.5. The first-order valence-electron chi connectivity index (χ1n) is 10.3. The number of amides is 1. The van der Waals surface area contributed by atoms with Crippen LogP contribution < -0.4 is 10.1 Å². The van der Waals surface area contributed by atoms with Gasteiger partial charge in [0.15, 0.2) is 0 Å². The fraction of sp³-hybridized carbons (Fsp3) is 0.292. The van der Waals surface area contributed by atoms with Gasteiger partial charge >= 0.3 is 0 Å². The standard InChI is InChI=1S/C24H30N4O3/c1-4-26(2)22-21(23(30)27(3)16-11-17-29)28(18-19-12-7-5-8-13-19)24(25-22)31-20-14-9-6-10-15-20/h4-10,12-15,24-25,29H,1,11,16-18H2,2-3H3. The minimum absolute atomic E-state index is 0.0296. The molecule has 0 spiro atoms. The number of nitrogens with one attached hydrogen (secondary N) is 1. The van der Waals surface area contributed by atoms with Crippen molar-refractivity contribution in [3.8, 4) is 5.75 Å². The van der Waals surface area contributed by atoms with E-state index in [-0.39, 0.29) is 12.5 Å². The van der Waals surface area contributed by atoms with Crippen molar-refractivity contribution in [1.82, 2.24) is 20.0 Å². The number of hydrogen-bond donors (Lipinski definition) is 2. The number of benzene rings is 2. The summed E-state index contributed by atoms with van der Waals surface area (Å²) in [6.07, 6.45) is 1.58. The highest BCUT2D eigenvalue weighted by Crippen LogP contribution is 2.28. The first kappa shape index (κ1) is 22.2. The number of ether oxygens (including phenoxy) is 1.